The molecule has 0 saturated heterocycles. The van der Waals surface area contributed by atoms with E-state index in [1.54, 1.807) is 44.2 Å². The first-order valence-corrected chi connectivity index (χ1v) is 4.58. The minimum Gasteiger partial charge on any atom is -0.395 e. The summed E-state index contributed by atoms with van der Waals surface area (Å²) in [6.45, 7) is 3.27. The Kier molecular flexibility index (Phi) is 3.85. The molecule has 0 spiro atoms. The van der Waals surface area contributed by atoms with Crippen LogP contribution in [0.25, 0.3) is 0 Å². The van der Waals surface area contributed by atoms with Crippen LogP contribution in [0.3, 0.4) is 0 Å². The molecule has 0 saturated carbocycles. The third-order valence-corrected chi connectivity index (χ3v) is 1.60. The van der Waals surface area contributed by atoms with E-state index in [0.29, 0.717) is 5.75 Å². The highest BCUT2D eigenvalue weighted by Gasteiger charge is 2.15. The highest BCUT2D eigenvalue weighted by Crippen LogP contribution is 2.09. The van der Waals surface area contributed by atoms with Crippen LogP contribution in [0.1, 0.15) is 13.8 Å². The smallest absolute Gasteiger partial charge is 0.395 e. The van der Waals surface area contributed by atoms with E-state index in [9.17, 15) is 9.59 Å². The summed E-state index contributed by atoms with van der Waals surface area (Å²) >= 11 is 0. The molecular weight excluding hydrogens is 196 g/mol. The van der Waals surface area contributed by atoms with E-state index in [1.807, 2.05) is 0 Å². The van der Waals surface area contributed by atoms with Crippen LogP contribution in [0.15, 0.2) is 30.3 Å². The SMILES string of the molecule is CC(C)C(=O)OC(=O)Oc1ccccc1. The van der Waals surface area contributed by atoms with Gasteiger partial charge in [0.05, 0.1) is 5.92 Å². The molecule has 4 heteroatoms. The Morgan fingerprint density at radius 2 is 1.73 bits per heavy atom. The fourth-order valence-corrected chi connectivity index (χ4v) is 0.806. The summed E-state index contributed by atoms with van der Waals surface area (Å²) in [6.07, 6.45) is -1.00. The molecule has 0 amide bonds. The summed E-state index contributed by atoms with van der Waals surface area (Å²) in [5, 5.41) is 0. The standard InChI is InChI=1S/C11H12O4/c1-8(2)10(12)15-11(13)14-9-6-4-3-5-7-9/h3-8H,1-2H3. The average Bonchev–Trinajstić information content (AvgIpc) is 2.18. The second kappa shape index (κ2) is 5.14. The minimum absolute atomic E-state index is 0.346. The number of benzene rings is 1. The fourth-order valence-electron chi connectivity index (χ4n) is 0.806. The van der Waals surface area contributed by atoms with Crippen LogP contribution in [0.2, 0.25) is 0 Å². The molecule has 80 valence electrons. The van der Waals surface area contributed by atoms with Gasteiger partial charge in [0, 0.05) is 0 Å². The zero-order valence-corrected chi connectivity index (χ0v) is 8.60. The van der Waals surface area contributed by atoms with Gasteiger partial charge in [0.15, 0.2) is 0 Å². The molecule has 4 nitrogen and oxygen atoms in total. The first kappa shape index (κ1) is 11.2. The van der Waals surface area contributed by atoms with Crippen molar-refractivity contribution in [1.82, 2.24) is 0 Å². The molecule has 1 aromatic rings. The van der Waals surface area contributed by atoms with Gasteiger partial charge in [-0.2, -0.15) is 0 Å². The Hall–Kier alpha value is -1.84. The van der Waals surface area contributed by atoms with Gasteiger partial charge in [-0.25, -0.2) is 4.79 Å². The van der Waals surface area contributed by atoms with Gasteiger partial charge in [0.2, 0.25) is 0 Å². The molecule has 0 heterocycles. The number of ether oxygens (including phenoxy) is 2. The maximum atomic E-state index is 11.1. The summed E-state index contributed by atoms with van der Waals surface area (Å²) < 4.78 is 9.17. The lowest BCUT2D eigenvalue weighted by Crippen LogP contribution is -2.19. The predicted molar refractivity (Wildman–Crippen MR) is 53.4 cm³/mol. The first-order chi connectivity index (χ1) is 7.09. The molecule has 0 aliphatic carbocycles. The van der Waals surface area contributed by atoms with Crippen molar-refractivity contribution in [2.45, 2.75) is 13.8 Å². The van der Waals surface area contributed by atoms with Crippen LogP contribution in [0, 0.1) is 5.92 Å². The molecule has 0 aromatic heterocycles. The van der Waals surface area contributed by atoms with Crippen molar-refractivity contribution in [3.63, 3.8) is 0 Å². The van der Waals surface area contributed by atoms with Crippen molar-refractivity contribution in [2.75, 3.05) is 0 Å². The van der Waals surface area contributed by atoms with Gasteiger partial charge in [0.25, 0.3) is 0 Å². The lowest BCUT2D eigenvalue weighted by molar-refractivity contribution is -0.142. The molecule has 0 N–H and O–H groups in total. The molecule has 1 aromatic carbocycles. The second-order valence-electron chi connectivity index (χ2n) is 3.24. The van der Waals surface area contributed by atoms with Gasteiger partial charge in [-0.1, -0.05) is 32.0 Å². The third kappa shape index (κ3) is 3.81. The van der Waals surface area contributed by atoms with E-state index in [4.69, 9.17) is 4.74 Å². The van der Waals surface area contributed by atoms with Crippen LogP contribution in [-0.2, 0) is 9.53 Å². The highest BCUT2D eigenvalue weighted by atomic mass is 16.7. The molecule has 0 aliphatic rings. The number of hydrogen-bond donors (Lipinski definition) is 0. The minimum atomic E-state index is -1.00. The van der Waals surface area contributed by atoms with Gasteiger partial charge in [0.1, 0.15) is 5.75 Å². The zero-order valence-electron chi connectivity index (χ0n) is 8.60. The Bertz CT molecular complexity index is 343. The molecule has 1 rings (SSSR count). The van der Waals surface area contributed by atoms with Gasteiger partial charge >= 0.3 is 12.1 Å². The molecular formula is C11H12O4. The maximum absolute atomic E-state index is 11.1. The molecule has 0 unspecified atom stereocenters. The van der Waals surface area contributed by atoms with Crippen LogP contribution in [0.5, 0.6) is 5.75 Å². The van der Waals surface area contributed by atoms with Crippen LogP contribution < -0.4 is 4.74 Å². The summed E-state index contributed by atoms with van der Waals surface area (Å²) in [4.78, 5) is 22.1. The van der Waals surface area contributed by atoms with Gasteiger partial charge in [-0.05, 0) is 12.1 Å². The summed E-state index contributed by atoms with van der Waals surface area (Å²) in [6, 6.07) is 8.42. The lowest BCUT2D eigenvalue weighted by Gasteiger charge is -2.05. The van der Waals surface area contributed by atoms with Crippen molar-refractivity contribution in [2.24, 2.45) is 5.92 Å². The van der Waals surface area contributed by atoms with Crippen molar-refractivity contribution >= 4 is 12.1 Å². The summed E-state index contributed by atoms with van der Waals surface area (Å²) in [5.74, 6) is -0.608. The van der Waals surface area contributed by atoms with Crippen molar-refractivity contribution in [3.8, 4) is 5.75 Å². The largest absolute Gasteiger partial charge is 0.521 e. The molecule has 15 heavy (non-hydrogen) atoms. The third-order valence-electron chi connectivity index (χ3n) is 1.60. The number of rotatable bonds is 2. The van der Waals surface area contributed by atoms with E-state index in [1.165, 1.54) is 0 Å². The Balaban J connectivity index is 2.47. The predicted octanol–water partition coefficient (Wildman–Crippen LogP) is 2.38. The molecule has 0 bridgehead atoms. The second-order valence-corrected chi connectivity index (χ2v) is 3.24. The fraction of sp³-hybridized carbons (Fsp3) is 0.273. The topological polar surface area (TPSA) is 52.6 Å². The molecule has 0 aliphatic heterocycles. The Morgan fingerprint density at radius 3 is 2.27 bits per heavy atom. The van der Waals surface area contributed by atoms with Gasteiger partial charge in [-0.3, -0.25) is 4.79 Å². The zero-order chi connectivity index (χ0) is 11.3. The summed E-state index contributed by atoms with van der Waals surface area (Å²) in [5.41, 5.74) is 0. The van der Waals surface area contributed by atoms with E-state index < -0.39 is 12.1 Å². The van der Waals surface area contributed by atoms with E-state index >= 15 is 0 Å². The highest BCUT2D eigenvalue weighted by molar-refractivity contribution is 5.83. The van der Waals surface area contributed by atoms with Gasteiger partial charge < -0.3 is 9.47 Å². The summed E-state index contributed by atoms with van der Waals surface area (Å²) in [7, 11) is 0. The van der Waals surface area contributed by atoms with Crippen LogP contribution >= 0.6 is 0 Å². The number of esters is 1. The molecule has 0 fully saturated rings. The normalized spacial score (nSPS) is 9.80. The molecule has 0 atom stereocenters. The van der Waals surface area contributed by atoms with E-state index in [2.05, 4.69) is 4.74 Å². The monoisotopic (exact) mass is 208 g/mol. The van der Waals surface area contributed by atoms with E-state index in [-0.39, 0.29) is 5.92 Å². The quantitative estimate of drug-likeness (QED) is 0.425. The number of hydrogen-bond acceptors (Lipinski definition) is 4. The average molecular weight is 208 g/mol. The number of para-hydroxylation sites is 1. The number of carbonyl (C=O) groups is 2. The van der Waals surface area contributed by atoms with Crippen LogP contribution in [-0.4, -0.2) is 12.1 Å². The number of carbonyl (C=O) groups excluding carboxylic acids is 2. The maximum Gasteiger partial charge on any atom is 0.521 e. The molecule has 0 radical (unpaired) electrons. The first-order valence-electron chi connectivity index (χ1n) is 4.58. The Labute approximate surface area is 87.8 Å². The Morgan fingerprint density at radius 1 is 1.13 bits per heavy atom. The van der Waals surface area contributed by atoms with Crippen molar-refractivity contribution in [1.29, 1.82) is 0 Å². The lowest BCUT2D eigenvalue weighted by atomic mass is 10.2. The van der Waals surface area contributed by atoms with Crippen molar-refractivity contribution < 1.29 is 19.1 Å². The van der Waals surface area contributed by atoms with Gasteiger partial charge in [-0.15, -0.1) is 0 Å². The van der Waals surface area contributed by atoms with E-state index in [0.717, 1.165) is 0 Å². The van der Waals surface area contributed by atoms with Crippen molar-refractivity contribution in [3.05, 3.63) is 30.3 Å². The van der Waals surface area contributed by atoms with Crippen LogP contribution in [0.4, 0.5) is 4.79 Å².